The van der Waals surface area contributed by atoms with E-state index >= 15 is 0 Å². The van der Waals surface area contributed by atoms with Crippen molar-refractivity contribution in [2.45, 2.75) is 38.9 Å². The molecule has 1 aromatic rings. The third-order valence-corrected chi connectivity index (χ3v) is 3.21. The number of nitrogen functional groups attached to an aromatic ring is 1. The highest BCUT2D eigenvalue weighted by molar-refractivity contribution is 6.31. The van der Waals surface area contributed by atoms with Crippen molar-refractivity contribution in [2.75, 3.05) is 18.8 Å². The summed E-state index contributed by atoms with van der Waals surface area (Å²) in [6.45, 7) is 6.67. The van der Waals surface area contributed by atoms with E-state index in [-0.39, 0.29) is 12.2 Å². The molecule has 1 aliphatic rings. The molecule has 0 aromatic heterocycles. The van der Waals surface area contributed by atoms with Crippen molar-refractivity contribution in [2.24, 2.45) is 0 Å². The van der Waals surface area contributed by atoms with E-state index in [1.165, 1.54) is 0 Å². The van der Waals surface area contributed by atoms with Crippen LogP contribution in [0.15, 0.2) is 18.2 Å². The zero-order valence-electron chi connectivity index (χ0n) is 12.6. The molecule has 1 saturated heterocycles. The second-order valence-corrected chi connectivity index (χ2v) is 6.61. The maximum Gasteiger partial charge on any atom is 0.410 e. The minimum absolute atomic E-state index is 0.0737. The fourth-order valence-corrected chi connectivity index (χ4v) is 2.40. The zero-order chi connectivity index (χ0) is 15.6. The topological polar surface area (TPSA) is 64.8 Å². The summed E-state index contributed by atoms with van der Waals surface area (Å²) >= 11 is 5.94. The normalized spacial score (nSPS) is 18.7. The average Bonchev–Trinajstić information content (AvgIpc) is 2.73. The second-order valence-electron chi connectivity index (χ2n) is 6.18. The van der Waals surface area contributed by atoms with Crippen LogP contribution in [0.5, 0.6) is 5.75 Å². The van der Waals surface area contributed by atoms with Gasteiger partial charge in [0, 0.05) is 29.7 Å². The smallest absolute Gasteiger partial charge is 0.410 e. The van der Waals surface area contributed by atoms with Gasteiger partial charge in [-0.15, -0.1) is 0 Å². The first-order chi connectivity index (χ1) is 9.73. The Hall–Kier alpha value is -1.62. The number of hydrogen-bond donors (Lipinski definition) is 1. The molecule has 5 nitrogen and oxygen atoms in total. The number of hydrogen-bond acceptors (Lipinski definition) is 4. The Bertz CT molecular complexity index is 508. The lowest BCUT2D eigenvalue weighted by Crippen LogP contribution is -2.36. The van der Waals surface area contributed by atoms with Crippen LogP contribution in [0.3, 0.4) is 0 Å². The molecule has 1 unspecified atom stereocenters. The number of halogens is 1. The van der Waals surface area contributed by atoms with E-state index in [1.54, 1.807) is 23.1 Å². The third-order valence-electron chi connectivity index (χ3n) is 2.99. The Labute approximate surface area is 130 Å². The predicted molar refractivity (Wildman–Crippen MR) is 82.7 cm³/mol. The lowest BCUT2D eigenvalue weighted by molar-refractivity contribution is 0.0275. The maximum absolute atomic E-state index is 12.0. The van der Waals surface area contributed by atoms with Gasteiger partial charge < -0.3 is 20.1 Å². The van der Waals surface area contributed by atoms with Gasteiger partial charge in [0.2, 0.25) is 0 Å². The highest BCUT2D eigenvalue weighted by Crippen LogP contribution is 2.25. The van der Waals surface area contributed by atoms with Crippen LogP contribution in [-0.4, -0.2) is 35.8 Å². The fraction of sp³-hybridized carbons (Fsp3) is 0.533. The van der Waals surface area contributed by atoms with Crippen LogP contribution in [-0.2, 0) is 4.74 Å². The highest BCUT2D eigenvalue weighted by atomic mass is 35.5. The van der Waals surface area contributed by atoms with E-state index in [0.29, 0.717) is 29.5 Å². The van der Waals surface area contributed by atoms with E-state index in [2.05, 4.69) is 0 Å². The number of carbonyl (C=O) groups is 1. The minimum atomic E-state index is -0.489. The first-order valence-electron chi connectivity index (χ1n) is 6.93. The predicted octanol–water partition coefficient (Wildman–Crippen LogP) is 3.31. The molecule has 1 aliphatic heterocycles. The molecule has 2 N–H and O–H groups in total. The number of ether oxygens (including phenoxy) is 2. The second kappa shape index (κ2) is 6.02. The van der Waals surface area contributed by atoms with Crippen molar-refractivity contribution >= 4 is 23.4 Å². The van der Waals surface area contributed by atoms with E-state index < -0.39 is 5.60 Å². The molecule has 21 heavy (non-hydrogen) atoms. The summed E-state index contributed by atoms with van der Waals surface area (Å²) < 4.78 is 11.2. The summed E-state index contributed by atoms with van der Waals surface area (Å²) in [5, 5.41) is 0.534. The Balaban J connectivity index is 1.92. The van der Waals surface area contributed by atoms with E-state index in [9.17, 15) is 4.79 Å². The standard InChI is InChI=1S/C15H21ClN2O3/c1-15(2,3)21-14(19)18-5-4-12(9-18)20-13-7-10(16)6-11(17)8-13/h6-8,12H,4-5,9,17H2,1-3H3. The van der Waals surface area contributed by atoms with Gasteiger partial charge in [0.1, 0.15) is 17.5 Å². The highest BCUT2D eigenvalue weighted by Gasteiger charge is 2.30. The van der Waals surface area contributed by atoms with Crippen molar-refractivity contribution in [3.05, 3.63) is 23.2 Å². The van der Waals surface area contributed by atoms with Gasteiger partial charge >= 0.3 is 6.09 Å². The van der Waals surface area contributed by atoms with Gasteiger partial charge in [-0.2, -0.15) is 0 Å². The van der Waals surface area contributed by atoms with Gasteiger partial charge in [-0.3, -0.25) is 0 Å². The molecule has 0 aliphatic carbocycles. The maximum atomic E-state index is 12.0. The largest absolute Gasteiger partial charge is 0.488 e. The molecule has 0 bridgehead atoms. The number of likely N-dealkylation sites (tertiary alicyclic amines) is 1. The number of amides is 1. The Morgan fingerprint density at radius 2 is 2.10 bits per heavy atom. The molecule has 6 heteroatoms. The number of carbonyl (C=O) groups excluding carboxylic acids is 1. The molecule has 1 aromatic carbocycles. The molecule has 1 fully saturated rings. The molecule has 1 heterocycles. The first kappa shape index (κ1) is 15.8. The lowest BCUT2D eigenvalue weighted by atomic mass is 10.2. The average molecular weight is 313 g/mol. The SMILES string of the molecule is CC(C)(C)OC(=O)N1CCC(Oc2cc(N)cc(Cl)c2)C1. The molecule has 0 spiro atoms. The third kappa shape index (κ3) is 4.70. The zero-order valence-corrected chi connectivity index (χ0v) is 13.3. The van der Waals surface area contributed by atoms with Crippen molar-refractivity contribution < 1.29 is 14.3 Å². The molecule has 116 valence electrons. The van der Waals surface area contributed by atoms with Gasteiger partial charge in [-0.25, -0.2) is 4.79 Å². The van der Waals surface area contributed by atoms with Crippen LogP contribution in [0.4, 0.5) is 10.5 Å². The van der Waals surface area contributed by atoms with Crippen molar-refractivity contribution in [1.82, 2.24) is 4.90 Å². The van der Waals surface area contributed by atoms with Crippen LogP contribution >= 0.6 is 11.6 Å². The summed E-state index contributed by atoms with van der Waals surface area (Å²) in [5.41, 5.74) is 5.80. The molecule has 0 saturated carbocycles. The van der Waals surface area contributed by atoms with Gasteiger partial charge in [-0.05, 0) is 32.9 Å². The fourth-order valence-electron chi connectivity index (χ4n) is 2.16. The van der Waals surface area contributed by atoms with E-state index in [4.69, 9.17) is 26.8 Å². The monoisotopic (exact) mass is 312 g/mol. The summed E-state index contributed by atoms with van der Waals surface area (Å²) in [6, 6.07) is 5.10. The molecular formula is C15H21ClN2O3. The molecule has 0 radical (unpaired) electrons. The Kier molecular flexibility index (Phi) is 4.52. The summed E-state index contributed by atoms with van der Waals surface area (Å²) in [7, 11) is 0. The molecular weight excluding hydrogens is 292 g/mol. The number of anilines is 1. The minimum Gasteiger partial charge on any atom is -0.488 e. The van der Waals surface area contributed by atoms with Crippen LogP contribution in [0.2, 0.25) is 5.02 Å². The van der Waals surface area contributed by atoms with Crippen molar-refractivity contribution in [3.8, 4) is 5.75 Å². The molecule has 2 rings (SSSR count). The quantitative estimate of drug-likeness (QED) is 0.851. The van der Waals surface area contributed by atoms with Gasteiger partial charge in [0.05, 0.1) is 6.54 Å². The number of benzene rings is 1. The van der Waals surface area contributed by atoms with Gasteiger partial charge in [-0.1, -0.05) is 11.6 Å². The number of nitrogens with zero attached hydrogens (tertiary/aromatic N) is 1. The summed E-state index contributed by atoms with van der Waals surface area (Å²) in [4.78, 5) is 13.6. The Morgan fingerprint density at radius 1 is 1.38 bits per heavy atom. The lowest BCUT2D eigenvalue weighted by Gasteiger charge is -2.24. The number of rotatable bonds is 2. The van der Waals surface area contributed by atoms with Crippen LogP contribution in [0.25, 0.3) is 0 Å². The summed E-state index contributed by atoms with van der Waals surface area (Å²) in [6.07, 6.45) is 0.376. The Morgan fingerprint density at radius 3 is 2.71 bits per heavy atom. The van der Waals surface area contributed by atoms with Crippen LogP contribution < -0.4 is 10.5 Å². The van der Waals surface area contributed by atoms with E-state index in [1.807, 2.05) is 20.8 Å². The van der Waals surface area contributed by atoms with Crippen LogP contribution in [0, 0.1) is 0 Å². The first-order valence-corrected chi connectivity index (χ1v) is 7.31. The summed E-state index contributed by atoms with van der Waals surface area (Å²) in [5.74, 6) is 0.621. The van der Waals surface area contributed by atoms with Crippen molar-refractivity contribution in [1.29, 1.82) is 0 Å². The number of nitrogens with two attached hydrogens (primary N) is 1. The van der Waals surface area contributed by atoms with Gasteiger partial charge in [0.15, 0.2) is 0 Å². The van der Waals surface area contributed by atoms with Crippen molar-refractivity contribution in [3.63, 3.8) is 0 Å². The van der Waals surface area contributed by atoms with Crippen LogP contribution in [0.1, 0.15) is 27.2 Å². The molecule has 1 atom stereocenters. The van der Waals surface area contributed by atoms with Gasteiger partial charge in [0.25, 0.3) is 0 Å². The van der Waals surface area contributed by atoms with E-state index in [0.717, 1.165) is 6.42 Å². The molecule has 1 amide bonds.